The summed E-state index contributed by atoms with van der Waals surface area (Å²) in [5.74, 6) is -1.28. The van der Waals surface area contributed by atoms with Crippen molar-refractivity contribution >= 4 is 11.9 Å². The Morgan fingerprint density at radius 3 is 2.11 bits per heavy atom. The molecule has 1 aromatic carbocycles. The van der Waals surface area contributed by atoms with Crippen LogP contribution < -0.4 is 5.32 Å². The molecular weight excluding hydrogens is 242 g/mol. The van der Waals surface area contributed by atoms with Gasteiger partial charge in [0.15, 0.2) is 0 Å². The van der Waals surface area contributed by atoms with E-state index in [-0.39, 0.29) is 12.3 Å². The van der Waals surface area contributed by atoms with Crippen molar-refractivity contribution in [2.24, 2.45) is 0 Å². The molecule has 1 rings (SSSR count). The van der Waals surface area contributed by atoms with Gasteiger partial charge >= 0.3 is 5.97 Å². The first-order valence-corrected chi connectivity index (χ1v) is 6.53. The van der Waals surface area contributed by atoms with E-state index in [1.54, 1.807) is 6.92 Å². The van der Waals surface area contributed by atoms with Crippen LogP contribution in [0.5, 0.6) is 0 Å². The fraction of sp³-hybridized carbons (Fsp3) is 0.467. The number of rotatable bonds is 6. The number of amides is 1. The molecule has 1 amide bonds. The van der Waals surface area contributed by atoms with Crippen LogP contribution >= 0.6 is 0 Å². The van der Waals surface area contributed by atoms with Gasteiger partial charge in [0.2, 0.25) is 5.91 Å². The highest BCUT2D eigenvalue weighted by Gasteiger charge is 2.32. The lowest BCUT2D eigenvalue weighted by Gasteiger charge is -2.24. The van der Waals surface area contributed by atoms with Crippen LogP contribution in [0.1, 0.15) is 38.3 Å². The zero-order valence-electron chi connectivity index (χ0n) is 11.7. The standard InChI is InChI=1S/C15H21NO3/c1-4-11-6-8-12(9-7-11)10-13(17)16-15(3,5-2)14(18)19/h6-9H,4-5,10H2,1-3H3,(H,16,17)(H,18,19). The fourth-order valence-electron chi connectivity index (χ4n) is 1.72. The van der Waals surface area contributed by atoms with Crippen molar-refractivity contribution < 1.29 is 14.7 Å². The summed E-state index contributed by atoms with van der Waals surface area (Å²) in [6, 6.07) is 7.78. The first kappa shape index (κ1) is 15.2. The second kappa shape index (κ2) is 6.36. The lowest BCUT2D eigenvalue weighted by molar-refractivity contribution is -0.146. The molecule has 0 heterocycles. The predicted octanol–water partition coefficient (Wildman–Crippen LogP) is 2.16. The molecule has 0 radical (unpaired) electrons. The molecule has 0 bridgehead atoms. The van der Waals surface area contributed by atoms with Crippen LogP contribution in [0.15, 0.2) is 24.3 Å². The first-order valence-electron chi connectivity index (χ1n) is 6.53. The fourth-order valence-corrected chi connectivity index (χ4v) is 1.72. The lowest BCUT2D eigenvalue weighted by atomic mass is 9.98. The number of hydrogen-bond acceptors (Lipinski definition) is 2. The van der Waals surface area contributed by atoms with Gasteiger partial charge in [0.05, 0.1) is 6.42 Å². The van der Waals surface area contributed by atoms with Gasteiger partial charge in [-0.2, -0.15) is 0 Å². The molecular formula is C15H21NO3. The average Bonchev–Trinajstić information content (AvgIpc) is 2.39. The summed E-state index contributed by atoms with van der Waals surface area (Å²) in [6.45, 7) is 5.33. The van der Waals surface area contributed by atoms with E-state index in [1.165, 1.54) is 12.5 Å². The summed E-state index contributed by atoms with van der Waals surface area (Å²) in [4.78, 5) is 23.0. The number of carboxylic acid groups (broad SMARTS) is 1. The van der Waals surface area contributed by atoms with E-state index in [2.05, 4.69) is 12.2 Å². The Balaban J connectivity index is 2.66. The second-order valence-electron chi connectivity index (χ2n) is 4.89. The molecule has 4 heteroatoms. The summed E-state index contributed by atoms with van der Waals surface area (Å²) in [6.07, 6.45) is 1.51. The third kappa shape index (κ3) is 4.09. The van der Waals surface area contributed by atoms with Crippen molar-refractivity contribution in [2.75, 3.05) is 0 Å². The van der Waals surface area contributed by atoms with Crippen LogP contribution in [0.3, 0.4) is 0 Å². The molecule has 0 aromatic heterocycles. The van der Waals surface area contributed by atoms with Gasteiger partial charge in [-0.1, -0.05) is 38.1 Å². The quantitative estimate of drug-likeness (QED) is 0.826. The highest BCUT2D eigenvalue weighted by molar-refractivity contribution is 5.87. The Kier molecular flexibility index (Phi) is 5.10. The summed E-state index contributed by atoms with van der Waals surface area (Å²) >= 11 is 0. The number of carboxylic acids is 1. The third-order valence-corrected chi connectivity index (χ3v) is 3.39. The Hall–Kier alpha value is -1.84. The molecule has 104 valence electrons. The van der Waals surface area contributed by atoms with Crippen molar-refractivity contribution in [1.82, 2.24) is 5.32 Å². The molecule has 0 saturated heterocycles. The van der Waals surface area contributed by atoms with Gasteiger partial charge in [-0.3, -0.25) is 4.79 Å². The molecule has 0 fully saturated rings. The smallest absolute Gasteiger partial charge is 0.329 e. The van der Waals surface area contributed by atoms with E-state index in [1.807, 2.05) is 24.3 Å². The van der Waals surface area contributed by atoms with Crippen LogP contribution in [-0.4, -0.2) is 22.5 Å². The van der Waals surface area contributed by atoms with Gasteiger partial charge < -0.3 is 10.4 Å². The molecule has 19 heavy (non-hydrogen) atoms. The van der Waals surface area contributed by atoms with E-state index >= 15 is 0 Å². The molecule has 2 N–H and O–H groups in total. The number of carbonyl (C=O) groups excluding carboxylic acids is 1. The highest BCUT2D eigenvalue weighted by Crippen LogP contribution is 2.11. The minimum atomic E-state index is -1.19. The van der Waals surface area contributed by atoms with E-state index < -0.39 is 11.5 Å². The van der Waals surface area contributed by atoms with E-state index in [0.29, 0.717) is 6.42 Å². The van der Waals surface area contributed by atoms with Crippen LogP contribution in [0.25, 0.3) is 0 Å². The van der Waals surface area contributed by atoms with E-state index in [4.69, 9.17) is 5.11 Å². The predicted molar refractivity (Wildman–Crippen MR) is 74.0 cm³/mol. The van der Waals surface area contributed by atoms with Gasteiger partial charge in [0.25, 0.3) is 0 Å². The highest BCUT2D eigenvalue weighted by atomic mass is 16.4. The molecule has 1 unspecified atom stereocenters. The normalized spacial score (nSPS) is 13.6. The molecule has 4 nitrogen and oxygen atoms in total. The minimum absolute atomic E-state index is 0.201. The second-order valence-corrected chi connectivity index (χ2v) is 4.89. The summed E-state index contributed by atoms with van der Waals surface area (Å²) in [5.41, 5.74) is 0.909. The number of hydrogen-bond donors (Lipinski definition) is 2. The van der Waals surface area contributed by atoms with E-state index in [9.17, 15) is 9.59 Å². The number of aliphatic carboxylic acids is 1. The Morgan fingerprint density at radius 1 is 1.16 bits per heavy atom. The molecule has 1 atom stereocenters. The van der Waals surface area contributed by atoms with Crippen molar-refractivity contribution in [3.8, 4) is 0 Å². The molecule has 0 aliphatic carbocycles. The van der Waals surface area contributed by atoms with Gasteiger partial charge in [0.1, 0.15) is 5.54 Å². The molecule has 1 aromatic rings. The van der Waals surface area contributed by atoms with Crippen LogP contribution in [-0.2, 0) is 22.4 Å². The molecule has 0 saturated carbocycles. The maximum absolute atomic E-state index is 11.9. The topological polar surface area (TPSA) is 66.4 Å². The Morgan fingerprint density at radius 2 is 1.68 bits per heavy atom. The molecule has 0 aliphatic heterocycles. The number of benzene rings is 1. The molecule has 0 spiro atoms. The summed E-state index contributed by atoms with van der Waals surface area (Å²) in [5, 5.41) is 11.7. The maximum atomic E-state index is 11.9. The van der Waals surface area contributed by atoms with Gasteiger partial charge in [-0.15, -0.1) is 0 Å². The lowest BCUT2D eigenvalue weighted by Crippen LogP contribution is -2.52. The first-order chi connectivity index (χ1) is 8.91. The van der Waals surface area contributed by atoms with Crippen LogP contribution in [0.2, 0.25) is 0 Å². The van der Waals surface area contributed by atoms with Crippen molar-refractivity contribution in [3.05, 3.63) is 35.4 Å². The van der Waals surface area contributed by atoms with Gasteiger partial charge in [-0.25, -0.2) is 4.79 Å². The Bertz CT molecular complexity index is 453. The van der Waals surface area contributed by atoms with E-state index in [0.717, 1.165) is 12.0 Å². The van der Waals surface area contributed by atoms with Crippen LogP contribution in [0.4, 0.5) is 0 Å². The maximum Gasteiger partial charge on any atom is 0.329 e. The monoisotopic (exact) mass is 263 g/mol. The Labute approximate surface area is 113 Å². The summed E-state index contributed by atoms with van der Waals surface area (Å²) < 4.78 is 0. The van der Waals surface area contributed by atoms with Crippen molar-refractivity contribution in [2.45, 2.75) is 45.6 Å². The summed E-state index contributed by atoms with van der Waals surface area (Å²) in [7, 11) is 0. The number of carbonyl (C=O) groups is 2. The third-order valence-electron chi connectivity index (χ3n) is 3.39. The largest absolute Gasteiger partial charge is 0.480 e. The zero-order chi connectivity index (χ0) is 14.5. The minimum Gasteiger partial charge on any atom is -0.480 e. The van der Waals surface area contributed by atoms with Crippen LogP contribution in [0, 0.1) is 0 Å². The van der Waals surface area contributed by atoms with Gasteiger partial charge in [-0.05, 0) is 30.9 Å². The number of aryl methyl sites for hydroxylation is 1. The van der Waals surface area contributed by atoms with Crippen molar-refractivity contribution in [3.63, 3.8) is 0 Å². The molecule has 0 aliphatic rings. The average molecular weight is 263 g/mol. The van der Waals surface area contributed by atoms with Gasteiger partial charge in [0, 0.05) is 0 Å². The van der Waals surface area contributed by atoms with Crippen molar-refractivity contribution in [1.29, 1.82) is 0 Å². The number of nitrogens with one attached hydrogen (secondary N) is 1. The zero-order valence-corrected chi connectivity index (χ0v) is 11.7. The SMILES string of the molecule is CCc1ccc(CC(=O)NC(C)(CC)C(=O)O)cc1.